The molecule has 1 aromatic carbocycles. The third-order valence-electron chi connectivity index (χ3n) is 4.17. The van der Waals surface area contributed by atoms with Gasteiger partial charge in [0.25, 0.3) is 5.91 Å². The van der Waals surface area contributed by atoms with Crippen molar-refractivity contribution in [2.24, 2.45) is 0 Å². The highest BCUT2D eigenvalue weighted by molar-refractivity contribution is 6.01. The molecule has 25 heavy (non-hydrogen) atoms. The van der Waals surface area contributed by atoms with Crippen LogP contribution >= 0.6 is 0 Å². The van der Waals surface area contributed by atoms with E-state index in [1.807, 2.05) is 24.3 Å². The normalized spacial score (nSPS) is 12.8. The van der Waals surface area contributed by atoms with Crippen molar-refractivity contribution in [3.05, 3.63) is 53.0 Å². The van der Waals surface area contributed by atoms with Crippen LogP contribution in [-0.4, -0.2) is 36.0 Å². The lowest BCUT2D eigenvalue weighted by Crippen LogP contribution is -2.39. The van der Waals surface area contributed by atoms with Crippen molar-refractivity contribution in [3.8, 4) is 0 Å². The number of para-hydroxylation sites is 1. The van der Waals surface area contributed by atoms with Crippen molar-refractivity contribution in [2.75, 3.05) is 18.0 Å². The van der Waals surface area contributed by atoms with Gasteiger partial charge in [0.05, 0.1) is 6.54 Å². The second-order valence-corrected chi connectivity index (χ2v) is 5.71. The van der Waals surface area contributed by atoms with Crippen LogP contribution in [0.4, 0.5) is 5.69 Å². The average Bonchev–Trinajstić information content (AvgIpc) is 3.23. The monoisotopic (exact) mass is 342 g/mol. The lowest BCUT2D eigenvalue weighted by atomic mass is 10.2. The number of anilines is 1. The first kappa shape index (κ1) is 16.8. The van der Waals surface area contributed by atoms with Crippen LogP contribution in [0.3, 0.4) is 0 Å². The Hall–Kier alpha value is -3.09. The van der Waals surface area contributed by atoms with Crippen LogP contribution in [-0.2, 0) is 17.6 Å². The maximum Gasteiger partial charge on any atom is 0.339 e. The fourth-order valence-corrected chi connectivity index (χ4v) is 2.92. The van der Waals surface area contributed by atoms with Gasteiger partial charge in [-0.3, -0.25) is 9.59 Å². The molecule has 0 saturated carbocycles. The van der Waals surface area contributed by atoms with E-state index in [2.05, 4.69) is 5.32 Å². The van der Waals surface area contributed by atoms with Crippen LogP contribution in [0, 0.1) is 0 Å². The van der Waals surface area contributed by atoms with Crippen molar-refractivity contribution in [1.29, 1.82) is 0 Å². The molecule has 0 spiro atoms. The number of carbonyl (C=O) groups excluding carboxylic acids is 2. The smallest absolute Gasteiger partial charge is 0.339 e. The summed E-state index contributed by atoms with van der Waals surface area (Å²) in [6.07, 6.45) is 1.15. The third-order valence-corrected chi connectivity index (χ3v) is 4.17. The van der Waals surface area contributed by atoms with Crippen LogP contribution in [0.25, 0.3) is 0 Å². The molecule has 3 rings (SSSR count). The number of hydrogen-bond donors (Lipinski definition) is 2. The first-order chi connectivity index (χ1) is 12.0. The van der Waals surface area contributed by atoms with Gasteiger partial charge in [-0.05, 0) is 18.1 Å². The first-order valence-electron chi connectivity index (χ1n) is 8.03. The van der Waals surface area contributed by atoms with Gasteiger partial charge < -0.3 is 19.7 Å². The lowest BCUT2D eigenvalue weighted by molar-refractivity contribution is -0.117. The van der Waals surface area contributed by atoms with Crippen LogP contribution in [0.15, 0.2) is 34.7 Å². The van der Waals surface area contributed by atoms with E-state index in [0.717, 1.165) is 17.7 Å². The van der Waals surface area contributed by atoms with Crippen molar-refractivity contribution in [1.82, 2.24) is 5.32 Å². The molecule has 0 radical (unpaired) electrons. The Labute approximate surface area is 144 Å². The molecule has 1 aliphatic heterocycles. The van der Waals surface area contributed by atoms with Gasteiger partial charge in [-0.15, -0.1) is 0 Å². The Bertz CT molecular complexity index is 840. The molecule has 0 saturated heterocycles. The second kappa shape index (κ2) is 6.80. The minimum atomic E-state index is -1.15. The van der Waals surface area contributed by atoms with Gasteiger partial charge in [0.15, 0.2) is 5.76 Å². The predicted octanol–water partition coefficient (Wildman–Crippen LogP) is 1.86. The SMILES string of the molecule is CCc1oc(C(=O)NCC(=O)N2CCc3ccccc32)cc1C(=O)O. The second-order valence-electron chi connectivity index (χ2n) is 5.71. The number of benzene rings is 1. The van der Waals surface area contributed by atoms with E-state index in [1.165, 1.54) is 6.07 Å². The lowest BCUT2D eigenvalue weighted by Gasteiger charge is -2.17. The number of nitrogens with zero attached hydrogens (tertiary/aromatic N) is 1. The molecule has 0 unspecified atom stereocenters. The molecule has 0 aliphatic carbocycles. The van der Waals surface area contributed by atoms with E-state index in [9.17, 15) is 14.4 Å². The van der Waals surface area contributed by atoms with Crippen LogP contribution < -0.4 is 10.2 Å². The summed E-state index contributed by atoms with van der Waals surface area (Å²) in [7, 11) is 0. The molecule has 0 fully saturated rings. The van der Waals surface area contributed by atoms with Gasteiger partial charge in [-0.1, -0.05) is 25.1 Å². The number of furan rings is 1. The molecule has 7 nitrogen and oxygen atoms in total. The molecule has 0 bridgehead atoms. The summed E-state index contributed by atoms with van der Waals surface area (Å²) in [5.41, 5.74) is 1.93. The summed E-state index contributed by atoms with van der Waals surface area (Å²) >= 11 is 0. The van der Waals surface area contributed by atoms with E-state index < -0.39 is 11.9 Å². The quantitative estimate of drug-likeness (QED) is 0.864. The highest BCUT2D eigenvalue weighted by Gasteiger charge is 2.25. The number of aromatic carboxylic acids is 1. The van der Waals surface area contributed by atoms with Gasteiger partial charge in [0.1, 0.15) is 11.3 Å². The Morgan fingerprint density at radius 3 is 2.72 bits per heavy atom. The zero-order chi connectivity index (χ0) is 18.0. The van der Waals surface area contributed by atoms with E-state index >= 15 is 0 Å². The molecule has 2 aromatic rings. The standard InChI is InChI=1S/C18H18N2O5/c1-2-14-12(18(23)24)9-15(25-14)17(22)19-10-16(21)20-8-7-11-5-3-4-6-13(11)20/h3-6,9H,2,7-8,10H2,1H3,(H,19,22)(H,23,24). The maximum atomic E-state index is 12.4. The highest BCUT2D eigenvalue weighted by atomic mass is 16.4. The Kier molecular flexibility index (Phi) is 4.56. The highest BCUT2D eigenvalue weighted by Crippen LogP contribution is 2.27. The van der Waals surface area contributed by atoms with Gasteiger partial charge in [0, 0.05) is 24.7 Å². The molecular weight excluding hydrogens is 324 g/mol. The molecule has 1 aliphatic rings. The largest absolute Gasteiger partial charge is 0.478 e. The van der Waals surface area contributed by atoms with E-state index in [-0.39, 0.29) is 29.5 Å². The van der Waals surface area contributed by atoms with E-state index in [4.69, 9.17) is 9.52 Å². The Morgan fingerprint density at radius 1 is 1.28 bits per heavy atom. The summed E-state index contributed by atoms with van der Waals surface area (Å²) in [6, 6.07) is 8.83. The summed E-state index contributed by atoms with van der Waals surface area (Å²) < 4.78 is 5.28. The fourth-order valence-electron chi connectivity index (χ4n) is 2.92. The molecule has 1 aromatic heterocycles. The fraction of sp³-hybridized carbons (Fsp3) is 0.278. The van der Waals surface area contributed by atoms with Crippen molar-refractivity contribution in [2.45, 2.75) is 19.8 Å². The Morgan fingerprint density at radius 2 is 2.04 bits per heavy atom. The number of aryl methyl sites for hydroxylation is 1. The third kappa shape index (κ3) is 3.26. The molecule has 130 valence electrons. The summed E-state index contributed by atoms with van der Waals surface area (Å²) in [4.78, 5) is 37.3. The van der Waals surface area contributed by atoms with E-state index in [0.29, 0.717) is 13.0 Å². The average molecular weight is 342 g/mol. The summed E-state index contributed by atoms with van der Waals surface area (Å²) in [5.74, 6) is -1.85. The number of amides is 2. The summed E-state index contributed by atoms with van der Waals surface area (Å²) in [5, 5.41) is 11.6. The topological polar surface area (TPSA) is 99.9 Å². The zero-order valence-corrected chi connectivity index (χ0v) is 13.7. The molecule has 2 amide bonds. The molecular formula is C18H18N2O5. The number of nitrogens with one attached hydrogen (secondary N) is 1. The van der Waals surface area contributed by atoms with Crippen molar-refractivity contribution >= 4 is 23.5 Å². The van der Waals surface area contributed by atoms with Crippen LogP contribution in [0.2, 0.25) is 0 Å². The number of carboxylic acid groups (broad SMARTS) is 1. The molecule has 2 heterocycles. The van der Waals surface area contributed by atoms with Crippen LogP contribution in [0.5, 0.6) is 0 Å². The maximum absolute atomic E-state index is 12.4. The van der Waals surface area contributed by atoms with Crippen molar-refractivity contribution in [3.63, 3.8) is 0 Å². The zero-order valence-electron chi connectivity index (χ0n) is 13.7. The van der Waals surface area contributed by atoms with Gasteiger partial charge >= 0.3 is 5.97 Å². The Balaban J connectivity index is 1.65. The van der Waals surface area contributed by atoms with Gasteiger partial charge in [-0.2, -0.15) is 0 Å². The molecule has 2 N–H and O–H groups in total. The minimum absolute atomic E-state index is 0.0348. The number of carbonyl (C=O) groups is 3. The predicted molar refractivity (Wildman–Crippen MR) is 89.9 cm³/mol. The van der Waals surface area contributed by atoms with Gasteiger partial charge in [-0.25, -0.2) is 4.79 Å². The number of carboxylic acids is 1. The number of rotatable bonds is 5. The number of fused-ring (bicyclic) bond motifs is 1. The molecule has 0 atom stereocenters. The minimum Gasteiger partial charge on any atom is -0.478 e. The first-order valence-corrected chi connectivity index (χ1v) is 8.03. The van der Waals surface area contributed by atoms with Gasteiger partial charge in [0.2, 0.25) is 5.91 Å². The van der Waals surface area contributed by atoms with E-state index in [1.54, 1.807) is 11.8 Å². The number of hydrogen-bond acceptors (Lipinski definition) is 4. The van der Waals surface area contributed by atoms with Crippen LogP contribution in [0.1, 0.15) is 39.2 Å². The molecule has 7 heteroatoms. The van der Waals surface area contributed by atoms with Crippen molar-refractivity contribution < 1.29 is 23.9 Å². The summed E-state index contributed by atoms with van der Waals surface area (Å²) in [6.45, 7) is 2.14.